The third-order valence-electron chi connectivity index (χ3n) is 5.24. The summed E-state index contributed by atoms with van der Waals surface area (Å²) in [6, 6.07) is 17.6. The average molecular weight is 401 g/mol. The number of allylic oxidation sites excluding steroid dienone is 1. The van der Waals surface area contributed by atoms with Crippen LogP contribution in [-0.2, 0) is 9.84 Å². The van der Waals surface area contributed by atoms with Crippen LogP contribution in [0.1, 0.15) is 44.6 Å². The molecular weight excluding hydrogens is 368 g/mol. The van der Waals surface area contributed by atoms with Crippen molar-refractivity contribution in [2.24, 2.45) is 0 Å². The molecule has 2 nitrogen and oxygen atoms in total. The van der Waals surface area contributed by atoms with Gasteiger partial charge in [-0.25, -0.2) is 8.42 Å². The van der Waals surface area contributed by atoms with Gasteiger partial charge in [0.2, 0.25) is 0 Å². The van der Waals surface area contributed by atoms with Crippen molar-refractivity contribution in [1.29, 1.82) is 0 Å². The molecule has 0 atom stereocenters. The largest absolute Gasteiger partial charge is 0.219 e. The maximum Gasteiger partial charge on any atom is 0.199 e. The van der Waals surface area contributed by atoms with Crippen molar-refractivity contribution in [3.63, 3.8) is 0 Å². The topological polar surface area (TPSA) is 34.1 Å². The van der Waals surface area contributed by atoms with Gasteiger partial charge in [0.25, 0.3) is 0 Å². The smallest absolute Gasteiger partial charge is 0.199 e. The lowest BCUT2D eigenvalue weighted by Crippen LogP contribution is -2.44. The van der Waals surface area contributed by atoms with E-state index in [9.17, 15) is 8.42 Å². The maximum absolute atomic E-state index is 13.1. The summed E-state index contributed by atoms with van der Waals surface area (Å²) >= 11 is 0. The molecule has 0 radical (unpaired) electrons. The van der Waals surface area contributed by atoms with Crippen LogP contribution in [0.15, 0.2) is 70.1 Å². The standard InChI is InChI=1S/C23H32O2SSi/c1-5-6-7-9-14-23(27(3,4)22-12-10-8-11-13-22)19-26(24,25)21-17-15-20(2)16-18-21/h8,10-13,15-19H,5-7,9,14H2,1-4H3/b23-19-. The Kier molecular flexibility index (Phi) is 7.63. The van der Waals surface area contributed by atoms with Crippen molar-refractivity contribution >= 4 is 23.1 Å². The Morgan fingerprint density at radius 2 is 1.56 bits per heavy atom. The fraction of sp³-hybridized carbons (Fsp3) is 0.391. The molecule has 0 spiro atoms. The Bertz CT molecular complexity index is 851. The number of sulfone groups is 1. The zero-order valence-electron chi connectivity index (χ0n) is 17.0. The number of aryl methyl sites for hydroxylation is 1. The lowest BCUT2D eigenvalue weighted by molar-refractivity contribution is 0.604. The molecule has 0 amide bonds. The summed E-state index contributed by atoms with van der Waals surface area (Å²) in [4.78, 5) is 0.386. The van der Waals surface area contributed by atoms with E-state index in [4.69, 9.17) is 0 Å². The van der Waals surface area contributed by atoms with Crippen LogP contribution in [0.25, 0.3) is 0 Å². The van der Waals surface area contributed by atoms with Crippen LogP contribution in [0.3, 0.4) is 0 Å². The number of rotatable bonds is 9. The van der Waals surface area contributed by atoms with Gasteiger partial charge in [-0.1, -0.05) is 97.7 Å². The summed E-state index contributed by atoms with van der Waals surface area (Å²) in [6.45, 7) is 8.69. The van der Waals surface area contributed by atoms with E-state index in [1.165, 1.54) is 18.0 Å². The van der Waals surface area contributed by atoms with Crippen LogP contribution in [0.4, 0.5) is 0 Å². The van der Waals surface area contributed by atoms with E-state index >= 15 is 0 Å². The molecule has 0 saturated carbocycles. The SMILES string of the molecule is CCCCCC/C(=C/S(=O)(=O)c1ccc(C)cc1)[Si](C)(C)c1ccccc1. The second-order valence-corrected chi connectivity index (χ2v) is 14.1. The highest BCUT2D eigenvalue weighted by atomic mass is 32.2. The first-order chi connectivity index (χ1) is 12.8. The molecule has 0 heterocycles. The van der Waals surface area contributed by atoms with Crippen molar-refractivity contribution in [2.75, 3.05) is 0 Å². The van der Waals surface area contributed by atoms with E-state index in [0.29, 0.717) is 4.90 Å². The Hall–Kier alpha value is -1.65. The van der Waals surface area contributed by atoms with E-state index in [-0.39, 0.29) is 0 Å². The third-order valence-corrected chi connectivity index (χ3v) is 10.8. The van der Waals surface area contributed by atoms with Crippen molar-refractivity contribution in [3.8, 4) is 0 Å². The van der Waals surface area contributed by atoms with Crippen LogP contribution in [-0.4, -0.2) is 16.5 Å². The van der Waals surface area contributed by atoms with Gasteiger partial charge in [-0.05, 0) is 31.9 Å². The molecule has 0 aliphatic heterocycles. The first-order valence-electron chi connectivity index (χ1n) is 9.85. The van der Waals surface area contributed by atoms with Crippen molar-refractivity contribution in [3.05, 3.63) is 70.8 Å². The van der Waals surface area contributed by atoms with Crippen LogP contribution in [0, 0.1) is 6.92 Å². The summed E-state index contributed by atoms with van der Waals surface area (Å²) in [5.74, 6) is 0. The zero-order valence-corrected chi connectivity index (χ0v) is 18.9. The van der Waals surface area contributed by atoms with E-state index in [0.717, 1.165) is 30.0 Å². The predicted octanol–water partition coefficient (Wildman–Crippen LogP) is 5.78. The van der Waals surface area contributed by atoms with Gasteiger partial charge in [-0.2, -0.15) is 0 Å². The molecule has 0 aliphatic rings. The molecule has 0 bridgehead atoms. The highest BCUT2D eigenvalue weighted by Crippen LogP contribution is 2.25. The zero-order chi connectivity index (χ0) is 19.9. The molecule has 0 saturated heterocycles. The average Bonchev–Trinajstić information content (AvgIpc) is 2.65. The Morgan fingerprint density at radius 1 is 0.926 bits per heavy atom. The summed E-state index contributed by atoms with van der Waals surface area (Å²) in [5.41, 5.74) is 1.07. The molecule has 2 aromatic carbocycles. The minimum atomic E-state index is -3.44. The Labute approximate surface area is 166 Å². The number of hydrogen-bond acceptors (Lipinski definition) is 2. The highest BCUT2D eigenvalue weighted by molar-refractivity contribution is 7.94. The summed E-state index contributed by atoms with van der Waals surface area (Å²) in [6.07, 6.45) is 5.44. The van der Waals surface area contributed by atoms with E-state index in [1.807, 2.05) is 37.3 Å². The van der Waals surface area contributed by atoms with Crippen molar-refractivity contribution in [2.45, 2.75) is 63.9 Å². The third kappa shape index (κ3) is 5.91. The van der Waals surface area contributed by atoms with Crippen LogP contribution in [0.2, 0.25) is 13.1 Å². The molecular formula is C23H32O2SSi. The van der Waals surface area contributed by atoms with Crippen LogP contribution < -0.4 is 5.19 Å². The molecule has 0 unspecified atom stereocenters. The molecule has 0 fully saturated rings. The Balaban J connectivity index is 2.41. The van der Waals surface area contributed by atoms with Gasteiger partial charge >= 0.3 is 0 Å². The quantitative estimate of drug-likeness (QED) is 0.395. The second kappa shape index (κ2) is 9.51. The molecule has 0 N–H and O–H groups in total. The van der Waals surface area contributed by atoms with Gasteiger partial charge in [0.15, 0.2) is 9.84 Å². The lowest BCUT2D eigenvalue weighted by atomic mass is 10.1. The van der Waals surface area contributed by atoms with E-state index < -0.39 is 17.9 Å². The number of hydrogen-bond donors (Lipinski definition) is 0. The van der Waals surface area contributed by atoms with Gasteiger partial charge in [0.1, 0.15) is 8.07 Å². The minimum Gasteiger partial charge on any atom is -0.219 e. The van der Waals surface area contributed by atoms with Crippen LogP contribution >= 0.6 is 0 Å². The van der Waals surface area contributed by atoms with Crippen molar-refractivity contribution < 1.29 is 8.42 Å². The van der Waals surface area contributed by atoms with Gasteiger partial charge in [0, 0.05) is 5.41 Å². The fourth-order valence-corrected chi connectivity index (χ4v) is 8.27. The molecule has 0 aliphatic carbocycles. The summed E-state index contributed by atoms with van der Waals surface area (Å²) in [5, 5.41) is 3.99. The highest BCUT2D eigenvalue weighted by Gasteiger charge is 2.29. The molecule has 146 valence electrons. The van der Waals surface area contributed by atoms with Gasteiger partial charge in [0.05, 0.1) is 4.90 Å². The number of unbranched alkanes of at least 4 members (excludes halogenated alkanes) is 3. The van der Waals surface area contributed by atoms with E-state index in [1.54, 1.807) is 17.5 Å². The van der Waals surface area contributed by atoms with E-state index in [2.05, 4.69) is 32.2 Å². The Morgan fingerprint density at radius 3 is 2.15 bits per heavy atom. The molecule has 4 heteroatoms. The van der Waals surface area contributed by atoms with Gasteiger partial charge in [-0.15, -0.1) is 0 Å². The maximum atomic E-state index is 13.1. The lowest BCUT2D eigenvalue weighted by Gasteiger charge is -2.27. The predicted molar refractivity (Wildman–Crippen MR) is 119 cm³/mol. The monoisotopic (exact) mass is 400 g/mol. The molecule has 0 aromatic heterocycles. The van der Waals surface area contributed by atoms with Crippen molar-refractivity contribution in [1.82, 2.24) is 0 Å². The second-order valence-electron chi connectivity index (χ2n) is 7.80. The molecule has 2 aromatic rings. The van der Waals surface area contributed by atoms with Gasteiger partial charge < -0.3 is 0 Å². The van der Waals surface area contributed by atoms with Crippen LogP contribution in [0.5, 0.6) is 0 Å². The summed E-state index contributed by atoms with van der Waals surface area (Å²) < 4.78 is 26.1. The molecule has 2 rings (SSSR count). The summed E-state index contributed by atoms with van der Waals surface area (Å²) in [7, 11) is -5.48. The normalized spacial score (nSPS) is 13.0. The first kappa shape index (κ1) is 21.6. The minimum absolute atomic E-state index is 0.386. The number of benzene rings is 2. The first-order valence-corrected chi connectivity index (χ1v) is 14.4. The fourth-order valence-electron chi connectivity index (χ4n) is 3.28. The van der Waals surface area contributed by atoms with Gasteiger partial charge in [-0.3, -0.25) is 0 Å². The molecule has 27 heavy (non-hydrogen) atoms.